The first-order valence-electron chi connectivity index (χ1n) is 45.2. The Labute approximate surface area is 767 Å². The highest BCUT2D eigenvalue weighted by Crippen LogP contribution is 2.39. The van der Waals surface area contributed by atoms with Gasteiger partial charge < -0.3 is 59.5 Å². The minimum Gasteiger partial charge on any atom is -0.457 e. The highest BCUT2D eigenvalue weighted by atomic mass is 79.9. The lowest BCUT2D eigenvalue weighted by molar-refractivity contribution is -0.137. The number of hydrogen-bond donors (Lipinski definition) is 5. The van der Waals surface area contributed by atoms with E-state index in [0.717, 1.165) is 183 Å². The van der Waals surface area contributed by atoms with Gasteiger partial charge in [0.05, 0.1) is 50.1 Å². The van der Waals surface area contributed by atoms with Gasteiger partial charge in [-0.2, -0.15) is 0 Å². The minimum atomic E-state index is -0.551. The van der Waals surface area contributed by atoms with Crippen molar-refractivity contribution in [2.75, 3.05) is 106 Å². The number of nitrogens with zero attached hydrogens (tertiary/aromatic N) is 11. The predicted octanol–water partition coefficient (Wildman–Crippen LogP) is 15.1. The molecule has 31 heteroatoms. The molecule has 4 aromatic heterocycles. The van der Waals surface area contributed by atoms with Crippen molar-refractivity contribution in [3.8, 4) is 23.0 Å². The van der Waals surface area contributed by atoms with E-state index >= 15 is 0 Å². The van der Waals surface area contributed by atoms with Crippen LogP contribution in [0.2, 0.25) is 10.0 Å². The summed E-state index contributed by atoms with van der Waals surface area (Å²) >= 11 is 16.6. The molecular weight excluding hydrogens is 1740 g/mol. The van der Waals surface area contributed by atoms with Gasteiger partial charge in [-0.05, 0) is 179 Å². The first-order valence-corrected chi connectivity index (χ1v) is 47.1. The van der Waals surface area contributed by atoms with Gasteiger partial charge in [-0.1, -0.05) is 101 Å². The van der Waals surface area contributed by atoms with Crippen LogP contribution in [0, 0.1) is 5.92 Å². The number of nitrogens with one attached hydrogen (secondary N) is 5. The number of ketones is 4. The Hall–Kier alpha value is -11.8. The maximum Gasteiger partial charge on any atom is 0.255 e. The predicted molar refractivity (Wildman–Crippen MR) is 497 cm³/mol. The van der Waals surface area contributed by atoms with E-state index < -0.39 is 12.1 Å². The Morgan fingerprint density at radius 1 is 0.496 bits per heavy atom. The molecule has 5 saturated heterocycles. The molecule has 7 aliphatic heterocycles. The van der Waals surface area contributed by atoms with Gasteiger partial charge in [0.15, 0.2) is 17.3 Å². The van der Waals surface area contributed by atoms with Crippen molar-refractivity contribution in [2.45, 2.75) is 160 Å². The lowest BCUT2D eigenvalue weighted by Crippen LogP contribution is -2.52. The van der Waals surface area contributed by atoms with Crippen LogP contribution in [0.4, 0.5) is 17.2 Å². The fourth-order valence-corrected chi connectivity index (χ4v) is 19.6. The number of alkyl halides is 1. The number of unbranched alkanes of at least 4 members (excludes halogenated alkanes) is 6. The molecular formula is C98H107BrCl2N16O12. The molecule has 6 fully saturated rings. The number of carbonyl (C=O) groups excluding carboxylic acids is 10. The van der Waals surface area contributed by atoms with Crippen LogP contribution in [-0.2, 0) is 48.3 Å². The van der Waals surface area contributed by atoms with Crippen LogP contribution in [-0.4, -0.2) is 222 Å². The summed E-state index contributed by atoms with van der Waals surface area (Å²) in [6.45, 7) is 12.4. The molecule has 6 amide bonds. The van der Waals surface area contributed by atoms with E-state index in [-0.39, 0.29) is 77.5 Å². The Bertz CT molecular complexity index is 5770. The second-order valence-electron chi connectivity index (χ2n) is 34.3. The standard InChI is InChI=1S/C50H54ClN7O6.C31H33BrClN5O3.C17H20N4O3/c51-42-29-38(64-37-8-4-3-5-9-37)13-15-40(42)48(62)41-30-52-49-47(41)43(53-32-54-49)26-33-17-20-57(21-18-33)46(61)10-6-1-2-7-19-55-22-24-56(25-23-55)35-11-14-39-34(27-35)31-58(50(39)63)44-16-12-36(59)28-45(44)60;32-15-7-2-1-6-10-27(39)38-16-13-21(14-17-38)37-31-28-25(19-34-30(28)35-20-36-31)29(40)24-12-11-23(18-26(24)33)41-22-8-4-3-5-9-22;22-15-4-3-14(16(23)19-15)21-10-11-9-12(1-2-13(11)17(21)24)20-7-5-18-6-8-20/h3-5,8-9,11,13-15,27,29-30,32-33,44H,1-2,6-7,10,12,16-26,28,31H2,(H,52,53,54);3-5,8-9,11-12,18-21H,1-2,6-7,10,13-17H2,(H2,34,35,36,37);1-2,9,14,18H,3-8,10H2,(H,19,22,23)/t44-;;14-/m0.0/s1. The zero-order valence-electron chi connectivity index (χ0n) is 72.2. The molecule has 1 saturated carbocycles. The number of aromatic amines is 2. The van der Waals surface area contributed by atoms with Gasteiger partial charge in [0.2, 0.25) is 23.6 Å². The number of para-hydroxylation sites is 2. The maximum atomic E-state index is 13.9. The number of anilines is 3. The van der Waals surface area contributed by atoms with Crippen molar-refractivity contribution in [1.29, 1.82) is 0 Å². The minimum absolute atomic E-state index is 0.0339. The van der Waals surface area contributed by atoms with Gasteiger partial charge in [-0.3, -0.25) is 58.2 Å². The SMILES string of the molecule is O=C(c1ccc(Oc2ccccc2)cc1Cl)c1c[nH]c2ncnc(NC3CCN(C(=O)CCCCCCBr)CC3)c12.O=C1CC[C@H](N2Cc3cc(N4CCN(CCCCCCC(=O)N5CCC(Cc6ncnc7[nH]cc(C(=O)c8ccc(Oc9ccccc9)cc8Cl)c67)CC5)CC4)ccc3C2=O)C(=O)C1.O=C1CC[C@H](N2Cc3cc(N4CCNCC4)ccc3C2=O)C(=O)N1. The number of ether oxygens (including phenoxy) is 2. The molecule has 18 rings (SSSR count). The second-order valence-corrected chi connectivity index (χ2v) is 35.9. The third kappa shape index (κ3) is 22.1. The smallest absolute Gasteiger partial charge is 0.255 e. The third-order valence-electron chi connectivity index (χ3n) is 25.8. The van der Waals surface area contributed by atoms with Crippen LogP contribution in [0.1, 0.15) is 191 Å². The molecule has 0 unspecified atom stereocenters. The highest BCUT2D eigenvalue weighted by Gasteiger charge is 2.42. The van der Waals surface area contributed by atoms with Crippen molar-refractivity contribution < 1.29 is 57.4 Å². The normalized spacial score (nSPS) is 18.1. The maximum absolute atomic E-state index is 13.9. The molecule has 10 aromatic rings. The summed E-state index contributed by atoms with van der Waals surface area (Å²) < 4.78 is 11.8. The molecule has 11 heterocycles. The third-order valence-corrected chi connectivity index (χ3v) is 27.0. The topological polar surface area (TPSA) is 331 Å². The molecule has 1 aliphatic carbocycles. The molecule has 6 aromatic carbocycles. The number of imide groups is 1. The summed E-state index contributed by atoms with van der Waals surface area (Å²) in [7, 11) is 0. The number of H-pyrrole nitrogens is 2. The molecule has 8 aliphatic rings. The number of rotatable bonds is 29. The van der Waals surface area contributed by atoms with Crippen molar-refractivity contribution in [2.24, 2.45) is 5.92 Å². The fourth-order valence-electron chi connectivity index (χ4n) is 18.6. The van der Waals surface area contributed by atoms with Crippen molar-refractivity contribution >= 4 is 137 Å². The lowest BCUT2D eigenvalue weighted by atomic mass is 9.90. The molecule has 672 valence electrons. The molecule has 0 spiro atoms. The van der Waals surface area contributed by atoms with Crippen molar-refractivity contribution in [3.63, 3.8) is 0 Å². The van der Waals surface area contributed by atoms with E-state index in [1.165, 1.54) is 12.7 Å². The van der Waals surface area contributed by atoms with Gasteiger partial charge >= 0.3 is 0 Å². The quantitative estimate of drug-likeness (QED) is 0.00956. The van der Waals surface area contributed by atoms with Gasteiger partial charge in [-0.25, -0.2) is 19.9 Å². The Balaban J connectivity index is 0.000000159. The van der Waals surface area contributed by atoms with Gasteiger partial charge in [-0.15, -0.1) is 0 Å². The fraction of sp³-hybridized carbons (Fsp3) is 0.408. The first-order chi connectivity index (χ1) is 62.8. The molecule has 0 bridgehead atoms. The number of piperazine rings is 2. The highest BCUT2D eigenvalue weighted by molar-refractivity contribution is 9.09. The monoisotopic (exact) mass is 1850 g/mol. The first kappa shape index (κ1) is 90.6. The summed E-state index contributed by atoms with van der Waals surface area (Å²) in [6.07, 6.45) is 21.5. The van der Waals surface area contributed by atoms with E-state index in [1.807, 2.05) is 94.7 Å². The van der Waals surface area contributed by atoms with E-state index in [1.54, 1.807) is 58.6 Å². The van der Waals surface area contributed by atoms with E-state index in [9.17, 15) is 47.9 Å². The molecule has 2 atom stereocenters. The van der Waals surface area contributed by atoms with Gasteiger partial charge in [0, 0.05) is 187 Å². The number of amides is 6. The number of carbonyl (C=O) groups is 10. The zero-order valence-corrected chi connectivity index (χ0v) is 75.3. The molecule has 5 N–H and O–H groups in total. The number of halogens is 3. The average Bonchev–Trinajstić information content (AvgIpc) is 1.61. The number of hydrogen-bond acceptors (Lipinski definition) is 21. The average molecular weight is 1850 g/mol. The molecule has 28 nitrogen and oxygen atoms in total. The number of fused-ring (bicyclic) bond motifs is 4. The molecule has 129 heavy (non-hydrogen) atoms. The number of aromatic nitrogens is 6. The van der Waals surface area contributed by atoms with E-state index in [0.29, 0.717) is 165 Å². The zero-order chi connectivity index (χ0) is 89.4. The number of benzene rings is 6. The Morgan fingerprint density at radius 2 is 1.02 bits per heavy atom. The lowest BCUT2D eigenvalue weighted by Gasteiger charge is -2.36. The largest absolute Gasteiger partial charge is 0.457 e. The van der Waals surface area contributed by atoms with Crippen LogP contribution in [0.25, 0.3) is 22.1 Å². The Kier molecular flexibility index (Phi) is 30.0. The summed E-state index contributed by atoms with van der Waals surface area (Å²) in [4.78, 5) is 165. The van der Waals surface area contributed by atoms with Crippen LogP contribution in [0.15, 0.2) is 159 Å². The molecule has 0 radical (unpaired) electrons. The van der Waals surface area contributed by atoms with E-state index in [4.69, 9.17) is 32.7 Å². The summed E-state index contributed by atoms with van der Waals surface area (Å²) in [5.74, 6) is 2.37. The van der Waals surface area contributed by atoms with Crippen LogP contribution in [0.5, 0.6) is 23.0 Å². The van der Waals surface area contributed by atoms with Gasteiger partial charge in [0.25, 0.3) is 11.8 Å². The van der Waals surface area contributed by atoms with Crippen molar-refractivity contribution in [3.05, 3.63) is 219 Å². The number of likely N-dealkylation sites (tertiary alicyclic amines) is 2. The number of piperidine rings is 3. The van der Waals surface area contributed by atoms with Crippen LogP contribution < -0.4 is 35.2 Å². The summed E-state index contributed by atoms with van der Waals surface area (Å²) in [6, 6.07) is 39.9. The second kappa shape index (κ2) is 42.7. The van der Waals surface area contributed by atoms with Crippen molar-refractivity contribution in [1.82, 2.24) is 65.0 Å². The van der Waals surface area contributed by atoms with Crippen LogP contribution in [0.3, 0.4) is 0 Å². The summed E-state index contributed by atoms with van der Waals surface area (Å²) in [5, 5.41) is 12.1. The van der Waals surface area contributed by atoms with E-state index in [2.05, 4.69) is 88.6 Å². The summed E-state index contributed by atoms with van der Waals surface area (Å²) in [5.41, 5.74) is 9.14. The van der Waals surface area contributed by atoms with Gasteiger partial charge in [0.1, 0.15) is 64.6 Å². The van der Waals surface area contributed by atoms with Crippen LogP contribution >= 0.6 is 39.1 Å². The Morgan fingerprint density at radius 3 is 1.57 bits per heavy atom. The number of Topliss-reactive ketones (excluding diaryl/α,β-unsaturated/α-hetero) is 2.